The predicted octanol–water partition coefficient (Wildman–Crippen LogP) is 2.33. The maximum atomic E-state index is 12.3. The first-order chi connectivity index (χ1) is 12.2. The van der Waals surface area contributed by atoms with Gasteiger partial charge in [0.05, 0.1) is 6.54 Å². The van der Waals surface area contributed by atoms with E-state index in [1.165, 1.54) is 4.90 Å². The lowest BCUT2D eigenvalue weighted by Gasteiger charge is -2.38. The summed E-state index contributed by atoms with van der Waals surface area (Å²) in [4.78, 5) is 38.4. The van der Waals surface area contributed by atoms with Crippen molar-refractivity contribution in [3.63, 3.8) is 0 Å². The minimum Gasteiger partial charge on any atom is -0.480 e. The second-order valence-corrected chi connectivity index (χ2v) is 7.01. The lowest BCUT2D eigenvalue weighted by atomic mass is 10.2. The van der Waals surface area contributed by atoms with E-state index < -0.39 is 29.8 Å². The Balaban J connectivity index is 1.98. The van der Waals surface area contributed by atoms with Gasteiger partial charge in [0.2, 0.25) is 0 Å². The van der Waals surface area contributed by atoms with Gasteiger partial charge in [-0.05, 0) is 26.3 Å². The molecule has 0 spiro atoms. The molecule has 26 heavy (non-hydrogen) atoms. The maximum Gasteiger partial charge on any atom is 0.410 e. The highest BCUT2D eigenvalue weighted by Crippen LogP contribution is 2.16. The van der Waals surface area contributed by atoms with Crippen molar-refractivity contribution in [2.45, 2.75) is 39.0 Å². The molecule has 2 amide bonds. The molecule has 1 aromatic rings. The smallest absolute Gasteiger partial charge is 0.410 e. The summed E-state index contributed by atoms with van der Waals surface area (Å²) in [6.45, 7) is 5.34. The number of aliphatic carboxylic acids is 1. The van der Waals surface area contributed by atoms with Gasteiger partial charge in [-0.15, -0.1) is 0 Å². The molecule has 2 rings (SSSR count). The number of hydrogen-bond acceptors (Lipinski definition) is 5. The number of nitrogens with zero attached hydrogens (tertiary/aromatic N) is 2. The Morgan fingerprint density at radius 3 is 2.35 bits per heavy atom. The molecule has 0 aliphatic carbocycles. The SMILES string of the molecule is CC(C)(C)OC(=O)N1CCN(C(=O)OCc2ccccc2)[C@@H](C(=O)O)C1. The van der Waals surface area contributed by atoms with Gasteiger partial charge < -0.3 is 19.5 Å². The van der Waals surface area contributed by atoms with Crippen molar-refractivity contribution in [1.29, 1.82) is 0 Å². The molecule has 0 radical (unpaired) electrons. The van der Waals surface area contributed by atoms with Crippen LogP contribution >= 0.6 is 0 Å². The molecule has 1 fully saturated rings. The Hall–Kier alpha value is -2.77. The fourth-order valence-electron chi connectivity index (χ4n) is 2.51. The number of rotatable bonds is 3. The second-order valence-electron chi connectivity index (χ2n) is 7.01. The van der Waals surface area contributed by atoms with Crippen LogP contribution in [0.4, 0.5) is 9.59 Å². The molecule has 1 aliphatic rings. The Labute approximate surface area is 152 Å². The molecule has 1 saturated heterocycles. The van der Waals surface area contributed by atoms with Crippen LogP contribution in [-0.2, 0) is 20.9 Å². The Morgan fingerprint density at radius 2 is 1.77 bits per heavy atom. The van der Waals surface area contributed by atoms with E-state index in [2.05, 4.69) is 0 Å². The molecular weight excluding hydrogens is 340 g/mol. The van der Waals surface area contributed by atoms with Crippen molar-refractivity contribution < 1.29 is 29.0 Å². The zero-order valence-electron chi connectivity index (χ0n) is 15.2. The molecule has 1 aliphatic heterocycles. The van der Waals surface area contributed by atoms with Crippen LogP contribution in [0.3, 0.4) is 0 Å². The van der Waals surface area contributed by atoms with Crippen LogP contribution in [0.2, 0.25) is 0 Å². The minimum atomic E-state index is -1.20. The van der Waals surface area contributed by atoms with Crippen molar-refractivity contribution in [2.24, 2.45) is 0 Å². The van der Waals surface area contributed by atoms with Gasteiger partial charge in [-0.1, -0.05) is 30.3 Å². The van der Waals surface area contributed by atoms with E-state index in [0.717, 1.165) is 10.5 Å². The fraction of sp³-hybridized carbons (Fsp3) is 0.500. The maximum absolute atomic E-state index is 12.3. The Kier molecular flexibility index (Phi) is 6.07. The number of carboxylic acids is 1. The number of carbonyl (C=O) groups is 3. The number of carboxylic acid groups (broad SMARTS) is 1. The van der Waals surface area contributed by atoms with Crippen molar-refractivity contribution in [1.82, 2.24) is 9.80 Å². The van der Waals surface area contributed by atoms with Gasteiger partial charge in [-0.2, -0.15) is 0 Å². The Morgan fingerprint density at radius 1 is 1.12 bits per heavy atom. The topological polar surface area (TPSA) is 96.4 Å². The molecular formula is C18H24N2O6. The van der Waals surface area contributed by atoms with Crippen molar-refractivity contribution in [2.75, 3.05) is 19.6 Å². The van der Waals surface area contributed by atoms with Gasteiger partial charge >= 0.3 is 18.2 Å². The third-order valence-corrected chi connectivity index (χ3v) is 3.76. The van der Waals surface area contributed by atoms with Gasteiger partial charge in [0.25, 0.3) is 0 Å². The fourth-order valence-corrected chi connectivity index (χ4v) is 2.51. The average molecular weight is 364 g/mol. The summed E-state index contributed by atoms with van der Waals surface area (Å²) in [7, 11) is 0. The molecule has 8 heteroatoms. The van der Waals surface area contributed by atoms with E-state index in [9.17, 15) is 19.5 Å². The summed E-state index contributed by atoms with van der Waals surface area (Å²) < 4.78 is 10.5. The third-order valence-electron chi connectivity index (χ3n) is 3.76. The molecule has 0 aromatic heterocycles. The van der Waals surface area contributed by atoms with Crippen molar-refractivity contribution >= 4 is 18.2 Å². The van der Waals surface area contributed by atoms with Crippen LogP contribution < -0.4 is 0 Å². The molecule has 1 heterocycles. The van der Waals surface area contributed by atoms with E-state index in [4.69, 9.17) is 9.47 Å². The largest absolute Gasteiger partial charge is 0.480 e. The highest BCUT2D eigenvalue weighted by Gasteiger charge is 2.39. The molecule has 0 saturated carbocycles. The summed E-state index contributed by atoms with van der Waals surface area (Å²) in [6.07, 6.45) is -1.31. The highest BCUT2D eigenvalue weighted by atomic mass is 16.6. The van der Waals surface area contributed by atoms with Crippen molar-refractivity contribution in [3.8, 4) is 0 Å². The van der Waals surface area contributed by atoms with Gasteiger partial charge in [-0.25, -0.2) is 14.4 Å². The van der Waals surface area contributed by atoms with E-state index in [0.29, 0.717) is 0 Å². The normalized spacial score (nSPS) is 17.6. The number of ether oxygens (including phenoxy) is 2. The quantitative estimate of drug-likeness (QED) is 0.884. The van der Waals surface area contributed by atoms with Gasteiger partial charge in [0, 0.05) is 13.1 Å². The Bertz CT molecular complexity index is 655. The average Bonchev–Trinajstić information content (AvgIpc) is 2.58. The highest BCUT2D eigenvalue weighted by molar-refractivity contribution is 5.81. The molecule has 0 unspecified atom stereocenters. The molecule has 8 nitrogen and oxygen atoms in total. The van der Waals surface area contributed by atoms with Crippen LogP contribution in [0.5, 0.6) is 0 Å². The molecule has 142 valence electrons. The van der Waals surface area contributed by atoms with Crippen LogP contribution in [0.1, 0.15) is 26.3 Å². The standard InChI is InChI=1S/C18H24N2O6/c1-18(2,3)26-16(23)19-9-10-20(14(11-19)15(21)22)17(24)25-12-13-7-5-4-6-8-13/h4-8,14H,9-12H2,1-3H3,(H,21,22)/t14-/m1/s1. The zero-order chi connectivity index (χ0) is 19.3. The van der Waals surface area contributed by atoms with E-state index in [-0.39, 0.29) is 26.2 Å². The lowest BCUT2D eigenvalue weighted by Crippen LogP contribution is -2.59. The lowest BCUT2D eigenvalue weighted by molar-refractivity contribution is -0.144. The zero-order valence-corrected chi connectivity index (χ0v) is 15.2. The van der Waals surface area contributed by atoms with Crippen LogP contribution in [-0.4, -0.2) is 64.3 Å². The van der Waals surface area contributed by atoms with E-state index in [1.54, 1.807) is 20.8 Å². The number of piperazine rings is 1. The van der Waals surface area contributed by atoms with Crippen LogP contribution in [0.15, 0.2) is 30.3 Å². The number of benzene rings is 1. The first kappa shape index (κ1) is 19.6. The van der Waals surface area contributed by atoms with Gasteiger partial charge in [0.1, 0.15) is 12.2 Å². The number of carbonyl (C=O) groups excluding carboxylic acids is 2. The second kappa shape index (κ2) is 8.07. The molecule has 1 N–H and O–H groups in total. The minimum absolute atomic E-state index is 0.0539. The van der Waals surface area contributed by atoms with Gasteiger partial charge in [-0.3, -0.25) is 4.90 Å². The van der Waals surface area contributed by atoms with E-state index in [1.807, 2.05) is 30.3 Å². The predicted molar refractivity (Wildman–Crippen MR) is 92.6 cm³/mol. The first-order valence-electron chi connectivity index (χ1n) is 8.35. The third kappa shape index (κ3) is 5.37. The number of hydrogen-bond donors (Lipinski definition) is 1. The summed E-state index contributed by atoms with van der Waals surface area (Å²) in [5.74, 6) is -1.20. The first-order valence-corrected chi connectivity index (χ1v) is 8.35. The van der Waals surface area contributed by atoms with E-state index >= 15 is 0 Å². The molecule has 0 bridgehead atoms. The van der Waals surface area contributed by atoms with Crippen LogP contribution in [0.25, 0.3) is 0 Å². The number of amides is 2. The molecule has 1 aromatic carbocycles. The molecule has 1 atom stereocenters. The summed E-state index contributed by atoms with van der Waals surface area (Å²) in [5, 5.41) is 9.45. The summed E-state index contributed by atoms with van der Waals surface area (Å²) >= 11 is 0. The summed E-state index contributed by atoms with van der Waals surface area (Å²) in [6, 6.07) is 7.93. The van der Waals surface area contributed by atoms with Gasteiger partial charge in [0.15, 0.2) is 6.04 Å². The van der Waals surface area contributed by atoms with Crippen LogP contribution in [0, 0.1) is 0 Å². The van der Waals surface area contributed by atoms with Crippen molar-refractivity contribution in [3.05, 3.63) is 35.9 Å². The summed E-state index contributed by atoms with van der Waals surface area (Å²) in [5.41, 5.74) is 0.127. The monoisotopic (exact) mass is 364 g/mol.